The van der Waals surface area contributed by atoms with E-state index in [-0.39, 0.29) is 22.2 Å². The number of Topliss-reactive ketones (excluding diaryl/α,β-unsaturated/α-hetero) is 1. The lowest BCUT2D eigenvalue weighted by molar-refractivity contribution is 0.0905. The highest BCUT2D eigenvalue weighted by Crippen LogP contribution is 2.40. The Hall–Kier alpha value is -1.16. The highest BCUT2D eigenvalue weighted by atomic mass is 32.2. The predicted molar refractivity (Wildman–Crippen MR) is 84.2 cm³/mol. The Morgan fingerprint density at radius 2 is 2.00 bits per heavy atom. The molecule has 1 aromatic carbocycles. The van der Waals surface area contributed by atoms with Crippen molar-refractivity contribution in [3.8, 4) is 5.75 Å². The number of fused-ring (bicyclic) bond motifs is 2. The first-order valence-electron chi connectivity index (χ1n) is 7.85. The zero-order chi connectivity index (χ0) is 14.8. The van der Waals surface area contributed by atoms with E-state index in [0.29, 0.717) is 6.61 Å². The fraction of sp³-hybridized carbons (Fsp3) is 0.588. The van der Waals surface area contributed by atoms with Crippen LogP contribution in [0.5, 0.6) is 5.75 Å². The molecule has 2 atom stereocenters. The van der Waals surface area contributed by atoms with Gasteiger partial charge in [0.2, 0.25) is 0 Å². The topological polar surface area (TPSA) is 43.4 Å². The summed E-state index contributed by atoms with van der Waals surface area (Å²) in [4.78, 5) is 12.7. The van der Waals surface area contributed by atoms with Crippen molar-refractivity contribution in [1.29, 1.82) is 0 Å². The van der Waals surface area contributed by atoms with Crippen LogP contribution in [0.1, 0.15) is 49.4 Å². The average Bonchev–Trinajstić information content (AvgIpc) is 2.74. The quantitative estimate of drug-likeness (QED) is 0.784. The van der Waals surface area contributed by atoms with E-state index < -0.39 is 10.8 Å². The molecule has 2 aliphatic rings. The van der Waals surface area contributed by atoms with Gasteiger partial charge in [-0.1, -0.05) is 19.1 Å². The Labute approximate surface area is 128 Å². The number of benzene rings is 1. The number of carbonyl (C=O) groups is 1. The lowest BCUT2D eigenvalue weighted by atomic mass is 9.90. The van der Waals surface area contributed by atoms with Crippen molar-refractivity contribution in [2.75, 3.05) is 6.61 Å². The Bertz CT molecular complexity index is 539. The minimum Gasteiger partial charge on any atom is -0.494 e. The largest absolute Gasteiger partial charge is 0.494 e. The Morgan fingerprint density at radius 1 is 1.29 bits per heavy atom. The number of rotatable bonds is 5. The standard InChI is InChI=1S/C17H22O3S/c1-2-8-20-14-5-3-4-12(9-14)17(18)13-10-15-6-7-16(11-13)21(15)19/h3-5,9,13,15-16H,2,6-8,10-11H2,1H3. The summed E-state index contributed by atoms with van der Waals surface area (Å²) < 4.78 is 17.6. The number of carbonyl (C=O) groups excluding carboxylic acids is 1. The van der Waals surface area contributed by atoms with Gasteiger partial charge in [-0.25, -0.2) is 0 Å². The van der Waals surface area contributed by atoms with Crippen LogP contribution in [0, 0.1) is 5.92 Å². The van der Waals surface area contributed by atoms with Crippen molar-refractivity contribution in [3.63, 3.8) is 0 Å². The van der Waals surface area contributed by atoms with Crippen molar-refractivity contribution < 1.29 is 13.7 Å². The number of hydrogen-bond donors (Lipinski definition) is 0. The molecule has 0 N–H and O–H groups in total. The molecule has 1 aromatic rings. The molecule has 0 saturated carbocycles. The molecule has 2 bridgehead atoms. The summed E-state index contributed by atoms with van der Waals surface area (Å²) in [5.41, 5.74) is 0.737. The van der Waals surface area contributed by atoms with E-state index in [1.807, 2.05) is 24.3 Å². The lowest BCUT2D eigenvalue weighted by Crippen LogP contribution is -2.32. The van der Waals surface area contributed by atoms with Crippen LogP contribution >= 0.6 is 0 Å². The molecule has 2 fully saturated rings. The second-order valence-electron chi connectivity index (χ2n) is 6.06. The van der Waals surface area contributed by atoms with Gasteiger partial charge >= 0.3 is 0 Å². The molecule has 3 nitrogen and oxygen atoms in total. The first kappa shape index (κ1) is 14.8. The van der Waals surface area contributed by atoms with Gasteiger partial charge < -0.3 is 4.74 Å². The van der Waals surface area contributed by atoms with E-state index in [1.54, 1.807) is 0 Å². The number of ether oxygens (including phenoxy) is 1. The Morgan fingerprint density at radius 3 is 2.67 bits per heavy atom. The van der Waals surface area contributed by atoms with Crippen molar-refractivity contribution in [2.24, 2.45) is 5.92 Å². The fourth-order valence-electron chi connectivity index (χ4n) is 3.44. The van der Waals surface area contributed by atoms with Crippen LogP contribution in [-0.4, -0.2) is 27.1 Å². The zero-order valence-electron chi connectivity index (χ0n) is 12.4. The lowest BCUT2D eigenvalue weighted by Gasteiger charge is -2.26. The van der Waals surface area contributed by atoms with Gasteiger partial charge in [-0.15, -0.1) is 0 Å². The molecule has 114 valence electrons. The molecule has 4 heteroatoms. The molecule has 0 spiro atoms. The Balaban J connectivity index is 1.72. The van der Waals surface area contributed by atoms with Gasteiger partial charge in [0.1, 0.15) is 5.75 Å². The predicted octanol–water partition coefficient (Wildman–Crippen LogP) is 3.35. The van der Waals surface area contributed by atoms with E-state index >= 15 is 0 Å². The molecule has 0 amide bonds. The molecule has 2 unspecified atom stereocenters. The molecule has 2 saturated heterocycles. The Kier molecular flexibility index (Phi) is 4.43. The van der Waals surface area contributed by atoms with Crippen molar-refractivity contribution in [1.82, 2.24) is 0 Å². The molecule has 0 aromatic heterocycles. The van der Waals surface area contributed by atoms with Gasteiger partial charge in [0.05, 0.1) is 6.61 Å². The van der Waals surface area contributed by atoms with E-state index in [9.17, 15) is 9.00 Å². The maximum atomic E-state index is 12.7. The zero-order valence-corrected chi connectivity index (χ0v) is 13.2. The summed E-state index contributed by atoms with van der Waals surface area (Å²) in [5.74, 6) is 1.01. The summed E-state index contributed by atoms with van der Waals surface area (Å²) >= 11 is 0. The third-order valence-corrected chi connectivity index (χ3v) is 6.70. The van der Waals surface area contributed by atoms with Crippen LogP contribution in [0.2, 0.25) is 0 Å². The highest BCUT2D eigenvalue weighted by Gasteiger charge is 2.42. The summed E-state index contributed by atoms with van der Waals surface area (Å²) in [6.45, 7) is 2.73. The van der Waals surface area contributed by atoms with Gasteiger partial charge in [-0.05, 0) is 44.2 Å². The van der Waals surface area contributed by atoms with Crippen LogP contribution in [0.3, 0.4) is 0 Å². The molecule has 0 radical (unpaired) electrons. The van der Waals surface area contributed by atoms with E-state index in [4.69, 9.17) is 4.74 Å². The first-order valence-corrected chi connectivity index (χ1v) is 9.13. The molecular formula is C17H22O3S. The van der Waals surface area contributed by atoms with Gasteiger partial charge in [0.25, 0.3) is 0 Å². The van der Waals surface area contributed by atoms with Crippen molar-refractivity contribution in [2.45, 2.75) is 49.5 Å². The number of ketones is 1. The second-order valence-corrected chi connectivity index (χ2v) is 8.05. The van der Waals surface area contributed by atoms with Gasteiger partial charge in [0, 0.05) is 32.8 Å². The molecule has 2 aliphatic heterocycles. The summed E-state index contributed by atoms with van der Waals surface area (Å²) in [6, 6.07) is 7.50. The minimum atomic E-state index is -0.698. The third kappa shape index (κ3) is 3.05. The van der Waals surface area contributed by atoms with Crippen molar-refractivity contribution >= 4 is 16.6 Å². The molecule has 2 heterocycles. The number of hydrogen-bond acceptors (Lipinski definition) is 3. The first-order chi connectivity index (χ1) is 10.2. The smallest absolute Gasteiger partial charge is 0.166 e. The maximum absolute atomic E-state index is 12.7. The van der Waals surface area contributed by atoms with E-state index in [0.717, 1.165) is 43.4 Å². The minimum absolute atomic E-state index is 0.0432. The van der Waals surface area contributed by atoms with Crippen LogP contribution < -0.4 is 4.74 Å². The SMILES string of the molecule is CCCOc1cccc(C(=O)C2CC3CCC(C2)S3=O)c1. The van der Waals surface area contributed by atoms with Crippen LogP contribution in [0.15, 0.2) is 24.3 Å². The van der Waals surface area contributed by atoms with E-state index in [2.05, 4.69) is 6.92 Å². The van der Waals surface area contributed by atoms with Gasteiger partial charge in [0.15, 0.2) is 5.78 Å². The summed E-state index contributed by atoms with van der Waals surface area (Å²) in [7, 11) is -0.698. The molecule has 3 rings (SSSR count). The average molecular weight is 306 g/mol. The molecule has 21 heavy (non-hydrogen) atoms. The monoisotopic (exact) mass is 306 g/mol. The maximum Gasteiger partial charge on any atom is 0.166 e. The van der Waals surface area contributed by atoms with Crippen LogP contribution in [0.25, 0.3) is 0 Å². The van der Waals surface area contributed by atoms with Gasteiger partial charge in [-0.3, -0.25) is 9.00 Å². The van der Waals surface area contributed by atoms with Crippen molar-refractivity contribution in [3.05, 3.63) is 29.8 Å². The molecule has 0 aliphatic carbocycles. The third-order valence-electron chi connectivity index (χ3n) is 4.52. The normalized spacial score (nSPS) is 31.1. The summed E-state index contributed by atoms with van der Waals surface area (Å²) in [5, 5.41) is 0.495. The molecular weight excluding hydrogens is 284 g/mol. The van der Waals surface area contributed by atoms with Gasteiger partial charge in [-0.2, -0.15) is 0 Å². The fourth-order valence-corrected chi connectivity index (χ4v) is 5.57. The highest BCUT2D eigenvalue weighted by molar-refractivity contribution is 7.86. The summed E-state index contributed by atoms with van der Waals surface area (Å²) in [6.07, 6.45) is 4.60. The second kappa shape index (κ2) is 6.30. The van der Waals surface area contributed by atoms with Crippen LogP contribution in [-0.2, 0) is 10.8 Å². The van der Waals surface area contributed by atoms with Crippen LogP contribution in [0.4, 0.5) is 0 Å². The van der Waals surface area contributed by atoms with E-state index in [1.165, 1.54) is 0 Å².